The number of rotatable bonds is 2. The molecule has 0 aliphatic rings. The number of nitro benzene ring substituents is 1. The number of hydrogen-bond acceptors (Lipinski definition) is 4. The summed E-state index contributed by atoms with van der Waals surface area (Å²) < 4.78 is 15.4. The van der Waals surface area contributed by atoms with Gasteiger partial charge >= 0.3 is 0 Å². The molecule has 0 N–H and O–H groups in total. The van der Waals surface area contributed by atoms with Gasteiger partial charge in [0.25, 0.3) is 5.69 Å². The highest BCUT2D eigenvalue weighted by Crippen LogP contribution is 2.37. The van der Waals surface area contributed by atoms with Crippen LogP contribution in [0.1, 0.15) is 5.56 Å². The first-order valence-corrected chi connectivity index (χ1v) is 5.81. The van der Waals surface area contributed by atoms with Gasteiger partial charge in [-0.1, -0.05) is 0 Å². The first kappa shape index (κ1) is 13.2. The number of aryl methyl sites for hydroxylation is 1. The lowest BCUT2D eigenvalue weighted by molar-refractivity contribution is -0.385. The summed E-state index contributed by atoms with van der Waals surface area (Å²) in [4.78, 5) is 10.0. The zero-order valence-corrected chi connectivity index (χ0v) is 11.2. The van der Waals surface area contributed by atoms with E-state index in [4.69, 9.17) is 5.26 Å². The van der Waals surface area contributed by atoms with Gasteiger partial charge in [-0.05, 0) is 22.0 Å². The molecule has 1 aromatic heterocycles. The van der Waals surface area contributed by atoms with Crippen LogP contribution in [0, 0.1) is 27.3 Å². The van der Waals surface area contributed by atoms with Gasteiger partial charge in [0.2, 0.25) is 0 Å². The fourth-order valence-electron chi connectivity index (χ4n) is 1.72. The number of nitrogens with zero attached hydrogens (tertiary/aromatic N) is 4. The zero-order valence-electron chi connectivity index (χ0n) is 9.59. The maximum atomic E-state index is 14.1. The summed E-state index contributed by atoms with van der Waals surface area (Å²) in [7, 11) is 1.59. The normalized spacial score (nSPS) is 10.2. The fraction of sp³-hybridized carbons (Fsp3) is 0.0909. The fourth-order valence-corrected chi connectivity index (χ4v) is 2.27. The number of nitriles is 1. The topological polar surface area (TPSA) is 84.8 Å². The van der Waals surface area contributed by atoms with E-state index in [0.29, 0.717) is 5.69 Å². The smallest absolute Gasteiger partial charge is 0.268 e. The summed E-state index contributed by atoms with van der Waals surface area (Å²) in [6, 6.07) is 4.09. The van der Waals surface area contributed by atoms with Crippen molar-refractivity contribution in [3.8, 4) is 17.3 Å². The Labute approximate surface area is 115 Å². The van der Waals surface area contributed by atoms with Crippen LogP contribution in [0.25, 0.3) is 11.3 Å². The summed E-state index contributed by atoms with van der Waals surface area (Å²) in [5.41, 5.74) is -0.264. The molecule has 0 saturated carbocycles. The van der Waals surface area contributed by atoms with E-state index in [1.807, 2.05) is 0 Å². The Bertz CT molecular complexity index is 720. The Balaban J connectivity index is 2.84. The van der Waals surface area contributed by atoms with Crippen LogP contribution in [0.5, 0.6) is 0 Å². The Kier molecular flexibility index (Phi) is 3.31. The number of aromatic nitrogens is 2. The van der Waals surface area contributed by atoms with Gasteiger partial charge in [-0.25, -0.2) is 4.39 Å². The molecule has 96 valence electrons. The number of nitro groups is 1. The third-order valence-corrected chi connectivity index (χ3v) is 3.38. The van der Waals surface area contributed by atoms with E-state index in [0.717, 1.165) is 6.07 Å². The minimum Gasteiger partial charge on any atom is -0.268 e. The van der Waals surface area contributed by atoms with Crippen molar-refractivity contribution in [1.29, 1.82) is 5.26 Å². The van der Waals surface area contributed by atoms with E-state index in [2.05, 4.69) is 21.0 Å². The molecule has 0 atom stereocenters. The highest BCUT2D eigenvalue weighted by Gasteiger charge is 2.25. The lowest BCUT2D eigenvalue weighted by Gasteiger charge is -2.08. The van der Waals surface area contributed by atoms with Crippen molar-refractivity contribution < 1.29 is 9.31 Å². The van der Waals surface area contributed by atoms with Crippen molar-refractivity contribution >= 4 is 21.6 Å². The first-order chi connectivity index (χ1) is 8.97. The van der Waals surface area contributed by atoms with Crippen molar-refractivity contribution in [2.45, 2.75) is 0 Å². The highest BCUT2D eigenvalue weighted by molar-refractivity contribution is 9.10. The number of benzene rings is 1. The molecule has 0 radical (unpaired) electrons. The molecule has 0 fully saturated rings. The maximum Gasteiger partial charge on any atom is 0.287 e. The Morgan fingerprint density at radius 2 is 2.32 bits per heavy atom. The number of halogens is 2. The molecular formula is C11H6BrFN4O2. The summed E-state index contributed by atoms with van der Waals surface area (Å²) >= 11 is 2.98. The van der Waals surface area contributed by atoms with E-state index in [1.165, 1.54) is 16.9 Å². The second-order valence-corrected chi connectivity index (χ2v) is 4.44. The lowest BCUT2D eigenvalue weighted by atomic mass is 10.0. The largest absolute Gasteiger partial charge is 0.287 e. The van der Waals surface area contributed by atoms with Gasteiger partial charge in [-0.3, -0.25) is 14.8 Å². The molecule has 1 aromatic carbocycles. The van der Waals surface area contributed by atoms with E-state index >= 15 is 0 Å². The van der Waals surface area contributed by atoms with Gasteiger partial charge in [0.1, 0.15) is 16.4 Å². The van der Waals surface area contributed by atoms with E-state index in [9.17, 15) is 14.5 Å². The highest BCUT2D eigenvalue weighted by atomic mass is 79.9. The van der Waals surface area contributed by atoms with Crippen molar-refractivity contribution in [3.63, 3.8) is 0 Å². The van der Waals surface area contributed by atoms with Crippen LogP contribution < -0.4 is 0 Å². The molecule has 6 nitrogen and oxygen atoms in total. The van der Waals surface area contributed by atoms with Crippen molar-refractivity contribution in [3.05, 3.63) is 44.3 Å². The van der Waals surface area contributed by atoms with Crippen LogP contribution in [0.3, 0.4) is 0 Å². The van der Waals surface area contributed by atoms with Crippen molar-refractivity contribution in [1.82, 2.24) is 9.78 Å². The maximum absolute atomic E-state index is 14.1. The Morgan fingerprint density at radius 3 is 2.79 bits per heavy atom. The Morgan fingerprint density at radius 1 is 1.63 bits per heavy atom. The van der Waals surface area contributed by atoms with Crippen LogP contribution in [0.2, 0.25) is 0 Å². The second kappa shape index (κ2) is 4.78. The van der Waals surface area contributed by atoms with Crippen molar-refractivity contribution in [2.75, 3.05) is 0 Å². The Hall–Kier alpha value is -2.27. The van der Waals surface area contributed by atoms with Gasteiger partial charge < -0.3 is 0 Å². The third-order valence-electron chi connectivity index (χ3n) is 2.58. The molecule has 0 spiro atoms. The van der Waals surface area contributed by atoms with E-state index in [-0.39, 0.29) is 15.6 Å². The zero-order chi connectivity index (χ0) is 14.2. The molecule has 0 aliphatic carbocycles. The average molecular weight is 325 g/mol. The SMILES string of the molecule is Cn1nccc1-c1c(F)cc([N+](=O)[O-])c(Br)c1C#N. The summed E-state index contributed by atoms with van der Waals surface area (Å²) in [6.07, 6.45) is 1.45. The van der Waals surface area contributed by atoms with E-state index < -0.39 is 16.4 Å². The summed E-state index contributed by atoms with van der Waals surface area (Å²) in [5, 5.41) is 23.8. The lowest BCUT2D eigenvalue weighted by Crippen LogP contribution is -2.01. The minimum atomic E-state index is -0.838. The van der Waals surface area contributed by atoms with Crippen LogP contribution >= 0.6 is 15.9 Å². The van der Waals surface area contributed by atoms with Gasteiger partial charge in [0.15, 0.2) is 0 Å². The van der Waals surface area contributed by atoms with Crippen LogP contribution in [-0.4, -0.2) is 14.7 Å². The minimum absolute atomic E-state index is 0.0139. The molecule has 2 rings (SSSR count). The molecule has 2 aromatic rings. The molecule has 0 aliphatic heterocycles. The predicted molar refractivity (Wildman–Crippen MR) is 67.7 cm³/mol. The molecule has 0 amide bonds. The second-order valence-electron chi connectivity index (χ2n) is 3.65. The summed E-state index contributed by atoms with van der Waals surface area (Å²) in [5.74, 6) is -0.838. The van der Waals surface area contributed by atoms with Gasteiger partial charge in [-0.2, -0.15) is 10.4 Å². The quantitative estimate of drug-likeness (QED) is 0.628. The van der Waals surface area contributed by atoms with Gasteiger partial charge in [0, 0.05) is 13.2 Å². The first-order valence-electron chi connectivity index (χ1n) is 5.02. The molecule has 0 saturated heterocycles. The molecule has 8 heteroatoms. The van der Waals surface area contributed by atoms with Crippen LogP contribution in [-0.2, 0) is 7.05 Å². The van der Waals surface area contributed by atoms with Crippen LogP contribution in [0.4, 0.5) is 10.1 Å². The molecule has 19 heavy (non-hydrogen) atoms. The summed E-state index contributed by atoms with van der Waals surface area (Å²) in [6.45, 7) is 0. The molecule has 0 unspecified atom stereocenters. The van der Waals surface area contributed by atoms with Gasteiger partial charge in [-0.15, -0.1) is 0 Å². The van der Waals surface area contributed by atoms with E-state index in [1.54, 1.807) is 13.1 Å². The van der Waals surface area contributed by atoms with Crippen molar-refractivity contribution in [2.24, 2.45) is 7.05 Å². The molecular weight excluding hydrogens is 319 g/mol. The third kappa shape index (κ3) is 2.08. The van der Waals surface area contributed by atoms with Gasteiger partial charge in [0.05, 0.1) is 27.8 Å². The standard InChI is InChI=1S/C11H6BrFN4O2/c1-16-8(2-3-15-16)10-6(5-14)11(12)9(17(18)19)4-7(10)13/h2-4H,1H3. The number of hydrogen-bond donors (Lipinski definition) is 0. The molecule has 0 bridgehead atoms. The monoisotopic (exact) mass is 324 g/mol. The predicted octanol–water partition coefficient (Wildman–Crippen LogP) is 2.77. The molecule has 1 heterocycles. The van der Waals surface area contributed by atoms with Crippen LogP contribution in [0.15, 0.2) is 22.8 Å². The average Bonchev–Trinajstić information content (AvgIpc) is 2.76.